The third-order valence-electron chi connectivity index (χ3n) is 6.62. The Morgan fingerprint density at radius 3 is 3.04 bits per heavy atom. The van der Waals surface area contributed by atoms with E-state index in [0.29, 0.717) is 30.0 Å². The molecule has 9 nitrogen and oxygen atoms in total. The zero-order chi connectivity index (χ0) is 18.9. The average Bonchev–Trinajstić information content (AvgIpc) is 3.47. The lowest BCUT2D eigenvalue weighted by Crippen LogP contribution is -2.54. The van der Waals surface area contributed by atoms with Gasteiger partial charge in [0.15, 0.2) is 0 Å². The van der Waals surface area contributed by atoms with Gasteiger partial charge in [-0.25, -0.2) is 4.98 Å². The first-order valence-electron chi connectivity index (χ1n) is 9.99. The van der Waals surface area contributed by atoms with Crippen molar-refractivity contribution in [2.45, 2.75) is 63.3 Å². The minimum atomic E-state index is -0.530. The van der Waals surface area contributed by atoms with Crippen molar-refractivity contribution in [2.75, 3.05) is 11.5 Å². The molecule has 4 unspecified atom stereocenters. The van der Waals surface area contributed by atoms with Crippen LogP contribution >= 0.6 is 0 Å². The Hall–Kier alpha value is -2.49. The van der Waals surface area contributed by atoms with E-state index in [2.05, 4.69) is 25.7 Å². The maximum absolute atomic E-state index is 14.5. The van der Waals surface area contributed by atoms with Gasteiger partial charge in [0, 0.05) is 18.6 Å². The van der Waals surface area contributed by atoms with Crippen molar-refractivity contribution < 1.29 is 13.7 Å². The highest BCUT2D eigenvalue weighted by molar-refractivity contribution is 6.08. The van der Waals surface area contributed by atoms with Crippen LogP contribution in [-0.2, 0) is 10.3 Å². The smallest absolute Gasteiger partial charge is 0.295 e. The number of aromatic nitrogens is 4. The van der Waals surface area contributed by atoms with Crippen molar-refractivity contribution >= 4 is 11.7 Å². The van der Waals surface area contributed by atoms with Gasteiger partial charge in [0.05, 0.1) is 6.20 Å². The fourth-order valence-corrected chi connectivity index (χ4v) is 5.19. The summed E-state index contributed by atoms with van der Waals surface area (Å²) >= 11 is 0. The molecule has 4 aliphatic rings. The molecule has 1 N–H and O–H groups in total. The van der Waals surface area contributed by atoms with Crippen molar-refractivity contribution in [1.29, 1.82) is 0 Å². The highest BCUT2D eigenvalue weighted by atomic mass is 19.1. The summed E-state index contributed by atoms with van der Waals surface area (Å²) in [6.45, 7) is 2.67. The van der Waals surface area contributed by atoms with E-state index in [-0.39, 0.29) is 18.1 Å². The fourth-order valence-electron chi connectivity index (χ4n) is 5.19. The molecular formula is C18H22FN7O2. The van der Waals surface area contributed by atoms with E-state index in [1.807, 2.05) is 11.8 Å². The molecular weight excluding hydrogens is 365 g/mol. The Morgan fingerprint density at radius 1 is 1.29 bits per heavy atom. The molecule has 0 amide bonds. The highest BCUT2D eigenvalue weighted by Gasteiger charge is 2.49. The topological polar surface area (TPSA) is 93.6 Å². The van der Waals surface area contributed by atoms with Crippen LogP contribution in [0.25, 0.3) is 0 Å². The van der Waals surface area contributed by atoms with E-state index >= 15 is 0 Å². The minimum Gasteiger partial charge on any atom is -0.367 e. The molecule has 148 valence electrons. The standard InChI is InChI=1S/C18H22FN7O2/c1-18(7-4-8-27-18)16-21-15(28-24-16)14-23-22-13-10-5-2-3-6-11(10)25-12(26(13)14)9-20-17(25)19/h9-11,13,22H,2-8H2,1H3. The van der Waals surface area contributed by atoms with Crippen molar-refractivity contribution in [3.63, 3.8) is 0 Å². The second kappa shape index (κ2) is 5.76. The van der Waals surface area contributed by atoms with Crippen molar-refractivity contribution in [2.24, 2.45) is 11.0 Å². The van der Waals surface area contributed by atoms with Crippen LogP contribution in [0.3, 0.4) is 0 Å². The highest BCUT2D eigenvalue weighted by Crippen LogP contribution is 2.46. The summed E-state index contributed by atoms with van der Waals surface area (Å²) in [7, 11) is 0. The fraction of sp³-hybridized carbons (Fsp3) is 0.667. The first-order valence-corrected chi connectivity index (χ1v) is 9.99. The number of nitrogens with zero attached hydrogens (tertiary/aromatic N) is 6. The Kier molecular flexibility index (Phi) is 3.38. The minimum absolute atomic E-state index is 0.0578. The molecule has 6 rings (SSSR count). The molecule has 0 bridgehead atoms. The van der Waals surface area contributed by atoms with Gasteiger partial charge in [-0.2, -0.15) is 14.5 Å². The van der Waals surface area contributed by atoms with Crippen molar-refractivity contribution in [1.82, 2.24) is 25.1 Å². The second-order valence-corrected chi connectivity index (χ2v) is 8.26. The number of nitrogens with one attached hydrogen (secondary N) is 1. The van der Waals surface area contributed by atoms with Crippen LogP contribution in [0.1, 0.15) is 63.2 Å². The quantitative estimate of drug-likeness (QED) is 0.845. The number of anilines is 1. The lowest BCUT2D eigenvalue weighted by Gasteiger charge is -2.45. The normalized spacial score (nSPS) is 33.9. The molecule has 4 atom stereocenters. The largest absolute Gasteiger partial charge is 0.367 e. The molecule has 2 aromatic heterocycles. The van der Waals surface area contributed by atoms with E-state index in [1.54, 1.807) is 10.8 Å². The molecule has 10 heteroatoms. The first-order chi connectivity index (χ1) is 13.7. The maximum Gasteiger partial charge on any atom is 0.295 e. The van der Waals surface area contributed by atoms with Crippen LogP contribution in [0, 0.1) is 12.0 Å². The molecule has 1 saturated carbocycles. The number of fused-ring (bicyclic) bond motifs is 6. The van der Waals surface area contributed by atoms with Gasteiger partial charge in [0.25, 0.3) is 12.0 Å². The summed E-state index contributed by atoms with van der Waals surface area (Å²) in [4.78, 5) is 10.5. The van der Waals surface area contributed by atoms with Crippen molar-refractivity contribution in [3.8, 4) is 0 Å². The van der Waals surface area contributed by atoms with Crippen LogP contribution in [0.2, 0.25) is 0 Å². The lowest BCUT2D eigenvalue weighted by atomic mass is 9.80. The molecule has 5 heterocycles. The summed E-state index contributed by atoms with van der Waals surface area (Å²) in [5.41, 5.74) is 2.71. The molecule has 1 aliphatic carbocycles. The van der Waals surface area contributed by atoms with Crippen LogP contribution in [0.4, 0.5) is 10.2 Å². The van der Waals surface area contributed by atoms with Crippen molar-refractivity contribution in [3.05, 3.63) is 24.0 Å². The second-order valence-electron chi connectivity index (χ2n) is 8.26. The van der Waals surface area contributed by atoms with E-state index in [9.17, 15) is 4.39 Å². The van der Waals surface area contributed by atoms with Crippen LogP contribution in [0.15, 0.2) is 15.8 Å². The molecule has 28 heavy (non-hydrogen) atoms. The van der Waals surface area contributed by atoms with Gasteiger partial charge in [-0.05, 0) is 32.6 Å². The van der Waals surface area contributed by atoms with Crippen LogP contribution in [0.5, 0.6) is 0 Å². The number of rotatable bonds is 2. The first kappa shape index (κ1) is 16.5. The van der Waals surface area contributed by atoms with E-state index in [1.165, 1.54) is 0 Å². The molecule has 0 spiro atoms. The predicted molar refractivity (Wildman–Crippen MR) is 96.0 cm³/mol. The van der Waals surface area contributed by atoms with Gasteiger partial charge in [0.2, 0.25) is 11.7 Å². The van der Waals surface area contributed by atoms with Crippen LogP contribution in [-0.4, -0.2) is 38.3 Å². The maximum atomic E-state index is 14.5. The van der Waals surface area contributed by atoms with Gasteiger partial charge in [-0.1, -0.05) is 18.0 Å². The third kappa shape index (κ3) is 2.15. The zero-order valence-electron chi connectivity index (χ0n) is 15.6. The summed E-state index contributed by atoms with van der Waals surface area (Å²) in [5, 5.41) is 8.66. The SMILES string of the molecule is CC1(c2noc(C3=NNC4C5CCCCC5n5c(cnc5F)N34)n2)CCCO1. The van der Waals surface area contributed by atoms with Crippen LogP contribution < -0.4 is 10.3 Å². The Morgan fingerprint density at radius 2 is 2.18 bits per heavy atom. The van der Waals surface area contributed by atoms with Gasteiger partial charge in [-0.15, -0.1) is 0 Å². The molecule has 1 saturated heterocycles. The number of hydrogen-bond donors (Lipinski definition) is 1. The van der Waals surface area contributed by atoms with E-state index < -0.39 is 11.7 Å². The summed E-state index contributed by atoms with van der Waals surface area (Å²) in [5.74, 6) is 2.26. The lowest BCUT2D eigenvalue weighted by molar-refractivity contribution is 0.00768. The third-order valence-corrected chi connectivity index (χ3v) is 6.62. The molecule has 2 aromatic rings. The zero-order valence-corrected chi connectivity index (χ0v) is 15.6. The molecule has 0 radical (unpaired) electrons. The van der Waals surface area contributed by atoms with Gasteiger partial charge in [-0.3, -0.25) is 14.9 Å². The Bertz CT molecular complexity index is 948. The monoisotopic (exact) mass is 387 g/mol. The average molecular weight is 387 g/mol. The summed E-state index contributed by atoms with van der Waals surface area (Å²) < 4.78 is 27.6. The number of ether oxygens (including phenoxy) is 1. The summed E-state index contributed by atoms with van der Waals surface area (Å²) in [6, 6.07) is 0.0959. The number of imidazole rings is 1. The molecule has 0 aromatic carbocycles. The van der Waals surface area contributed by atoms with Gasteiger partial charge in [0.1, 0.15) is 17.6 Å². The number of hydrazone groups is 1. The van der Waals surface area contributed by atoms with E-state index in [4.69, 9.17) is 9.26 Å². The number of amidine groups is 1. The molecule has 2 fully saturated rings. The Balaban J connectivity index is 1.40. The number of hydrogen-bond acceptors (Lipinski definition) is 8. The van der Waals surface area contributed by atoms with Gasteiger partial charge >= 0.3 is 0 Å². The predicted octanol–water partition coefficient (Wildman–Crippen LogP) is 2.27. The van der Waals surface area contributed by atoms with Gasteiger partial charge < -0.3 is 9.26 Å². The Labute approximate surface area is 160 Å². The number of halogens is 1. The molecule has 3 aliphatic heterocycles. The van der Waals surface area contributed by atoms with E-state index in [0.717, 1.165) is 38.5 Å². The summed E-state index contributed by atoms with van der Waals surface area (Å²) in [6.07, 6.45) is 7.08.